The minimum atomic E-state index is -0.621. The van der Waals surface area contributed by atoms with Crippen LogP contribution < -0.4 is 11.1 Å². The molecule has 0 saturated carbocycles. The number of nitrogens with zero attached hydrogens (tertiary/aromatic N) is 1. The van der Waals surface area contributed by atoms with Crippen LogP contribution in [-0.4, -0.2) is 16.9 Å². The molecule has 0 aromatic carbocycles. The van der Waals surface area contributed by atoms with Crippen LogP contribution in [0.2, 0.25) is 0 Å². The molecule has 1 rings (SSSR count). The highest BCUT2D eigenvalue weighted by Crippen LogP contribution is 2.10. The van der Waals surface area contributed by atoms with Crippen molar-refractivity contribution in [1.29, 1.82) is 0 Å². The fraction of sp³-hybridized carbons (Fsp3) is 0.400. The number of nitrogens with one attached hydrogen (secondary N) is 1. The summed E-state index contributed by atoms with van der Waals surface area (Å²) in [6.45, 7) is 2.38. The van der Waals surface area contributed by atoms with Gasteiger partial charge in [-0.15, -0.1) is 23.7 Å². The predicted octanol–water partition coefficient (Wildman–Crippen LogP) is 0.418. The summed E-state index contributed by atoms with van der Waals surface area (Å²) < 4.78 is 0. The van der Waals surface area contributed by atoms with Gasteiger partial charge in [0.1, 0.15) is 0 Å². The molecule has 1 atom stereocenters. The summed E-state index contributed by atoms with van der Waals surface area (Å²) in [5.41, 5.74) is 5.53. The number of nitrogens with two attached hydrogens (primary N) is 1. The minimum absolute atomic E-state index is 0.223. The Morgan fingerprint density at radius 2 is 2.60 bits per heavy atom. The van der Waals surface area contributed by atoms with E-state index in [0.717, 1.165) is 9.88 Å². The van der Waals surface area contributed by atoms with E-state index in [0.29, 0.717) is 6.54 Å². The first kappa shape index (κ1) is 11.7. The van der Waals surface area contributed by atoms with Crippen molar-refractivity contribution in [2.24, 2.45) is 5.73 Å². The van der Waals surface area contributed by atoms with Crippen molar-refractivity contribution in [3.63, 3.8) is 0 Å². The van der Waals surface area contributed by atoms with Crippen LogP contribution in [0.15, 0.2) is 6.20 Å². The number of hydrogen-bond acceptors (Lipinski definition) is 4. The van der Waals surface area contributed by atoms with E-state index in [2.05, 4.69) is 16.2 Å². The highest BCUT2D eigenvalue weighted by molar-refractivity contribution is 7.11. The minimum Gasteiger partial charge on any atom is -0.350 e. The highest BCUT2D eigenvalue weighted by atomic mass is 32.1. The van der Waals surface area contributed by atoms with E-state index >= 15 is 0 Å². The fourth-order valence-corrected chi connectivity index (χ4v) is 1.75. The Bertz CT molecular complexity index is 380. The summed E-state index contributed by atoms with van der Waals surface area (Å²) in [5.74, 6) is 2.13. The zero-order chi connectivity index (χ0) is 11.3. The number of hydrogen-bond donors (Lipinski definition) is 2. The number of aromatic nitrogens is 1. The average Bonchev–Trinajstić information content (AvgIpc) is 2.61. The predicted molar refractivity (Wildman–Crippen MR) is 60.1 cm³/mol. The number of terminal acetylenes is 1. The van der Waals surface area contributed by atoms with Crippen LogP contribution in [-0.2, 0) is 11.3 Å². The Morgan fingerprint density at radius 3 is 3.13 bits per heavy atom. The van der Waals surface area contributed by atoms with Crippen molar-refractivity contribution < 1.29 is 4.79 Å². The molecule has 0 spiro atoms. The summed E-state index contributed by atoms with van der Waals surface area (Å²) in [6.07, 6.45) is 7.06. The molecule has 0 bridgehead atoms. The van der Waals surface area contributed by atoms with Gasteiger partial charge in [0.15, 0.2) is 0 Å². The zero-order valence-electron chi connectivity index (χ0n) is 8.49. The lowest BCUT2D eigenvalue weighted by atomic mass is 10.2. The summed E-state index contributed by atoms with van der Waals surface area (Å²) in [5, 5.41) is 3.69. The van der Waals surface area contributed by atoms with Gasteiger partial charge in [0.05, 0.1) is 17.6 Å². The third-order valence-corrected chi connectivity index (χ3v) is 2.69. The number of thiazole rings is 1. The van der Waals surface area contributed by atoms with Gasteiger partial charge >= 0.3 is 0 Å². The molecule has 4 nitrogen and oxygen atoms in total. The first-order chi connectivity index (χ1) is 7.13. The zero-order valence-corrected chi connectivity index (χ0v) is 9.30. The number of aryl methyl sites for hydroxylation is 1. The SMILES string of the molecule is C#CCC(N)C(=O)NCc1cnc(C)s1. The van der Waals surface area contributed by atoms with Gasteiger partial charge in [0.25, 0.3) is 0 Å². The monoisotopic (exact) mass is 223 g/mol. The molecule has 1 unspecified atom stereocenters. The van der Waals surface area contributed by atoms with Gasteiger partial charge in [0, 0.05) is 17.5 Å². The second-order valence-electron chi connectivity index (χ2n) is 3.08. The Hall–Kier alpha value is -1.38. The number of amides is 1. The molecule has 0 radical (unpaired) electrons. The van der Waals surface area contributed by atoms with Gasteiger partial charge in [-0.2, -0.15) is 0 Å². The third-order valence-electron chi connectivity index (χ3n) is 1.78. The van der Waals surface area contributed by atoms with Crippen LogP contribution in [0.25, 0.3) is 0 Å². The summed E-state index contributed by atoms with van der Waals surface area (Å²) in [4.78, 5) is 16.5. The van der Waals surface area contributed by atoms with Crippen LogP contribution in [0.5, 0.6) is 0 Å². The topological polar surface area (TPSA) is 68.0 Å². The average molecular weight is 223 g/mol. The molecule has 1 aromatic heterocycles. The third kappa shape index (κ3) is 3.70. The van der Waals surface area contributed by atoms with Gasteiger partial charge in [-0.25, -0.2) is 4.98 Å². The van der Waals surface area contributed by atoms with Gasteiger partial charge in [-0.3, -0.25) is 4.79 Å². The summed E-state index contributed by atoms with van der Waals surface area (Å²) in [7, 11) is 0. The van der Waals surface area contributed by atoms with Gasteiger partial charge in [-0.1, -0.05) is 0 Å². The molecule has 3 N–H and O–H groups in total. The standard InChI is InChI=1S/C10H13N3OS/c1-3-4-9(11)10(14)13-6-8-5-12-7(2)15-8/h1,5,9H,4,6,11H2,2H3,(H,13,14). The van der Waals surface area contributed by atoms with Gasteiger partial charge in [0.2, 0.25) is 5.91 Å². The smallest absolute Gasteiger partial charge is 0.238 e. The van der Waals surface area contributed by atoms with Crippen LogP contribution in [0.1, 0.15) is 16.3 Å². The molecule has 0 fully saturated rings. The Morgan fingerprint density at radius 1 is 1.87 bits per heavy atom. The van der Waals surface area contributed by atoms with Crippen molar-refractivity contribution in [2.45, 2.75) is 25.9 Å². The van der Waals surface area contributed by atoms with E-state index < -0.39 is 6.04 Å². The van der Waals surface area contributed by atoms with Crippen LogP contribution in [0.3, 0.4) is 0 Å². The molecule has 0 aliphatic heterocycles. The van der Waals surface area contributed by atoms with E-state index in [-0.39, 0.29) is 12.3 Å². The number of carbonyl (C=O) groups is 1. The molecule has 0 aliphatic carbocycles. The maximum Gasteiger partial charge on any atom is 0.238 e. The Balaban J connectivity index is 2.38. The molecular weight excluding hydrogens is 210 g/mol. The number of carbonyl (C=O) groups excluding carboxylic acids is 1. The van der Waals surface area contributed by atoms with Crippen molar-refractivity contribution in [2.75, 3.05) is 0 Å². The van der Waals surface area contributed by atoms with E-state index in [4.69, 9.17) is 12.2 Å². The van der Waals surface area contributed by atoms with Crippen molar-refractivity contribution in [1.82, 2.24) is 10.3 Å². The Kier molecular flexibility index (Phi) is 4.28. The molecule has 1 heterocycles. The van der Waals surface area contributed by atoms with E-state index in [1.54, 1.807) is 17.5 Å². The lowest BCUT2D eigenvalue weighted by Gasteiger charge is -2.07. The maximum atomic E-state index is 11.4. The first-order valence-electron chi connectivity index (χ1n) is 4.51. The second-order valence-corrected chi connectivity index (χ2v) is 4.40. The lowest BCUT2D eigenvalue weighted by Crippen LogP contribution is -2.39. The van der Waals surface area contributed by atoms with E-state index in [1.807, 2.05) is 6.92 Å². The largest absolute Gasteiger partial charge is 0.350 e. The fourth-order valence-electron chi connectivity index (χ4n) is 1.01. The first-order valence-corrected chi connectivity index (χ1v) is 5.33. The van der Waals surface area contributed by atoms with Crippen molar-refractivity contribution in [3.8, 4) is 12.3 Å². The molecular formula is C10H13N3OS. The van der Waals surface area contributed by atoms with Crippen molar-refractivity contribution >= 4 is 17.2 Å². The normalized spacial score (nSPS) is 11.8. The summed E-state index contributed by atoms with van der Waals surface area (Å²) >= 11 is 1.55. The molecule has 0 saturated heterocycles. The molecule has 80 valence electrons. The van der Waals surface area contributed by atoms with Crippen LogP contribution in [0.4, 0.5) is 0 Å². The molecule has 1 amide bonds. The quantitative estimate of drug-likeness (QED) is 0.727. The van der Waals surface area contributed by atoms with Crippen molar-refractivity contribution in [3.05, 3.63) is 16.1 Å². The number of rotatable bonds is 4. The highest BCUT2D eigenvalue weighted by Gasteiger charge is 2.11. The van der Waals surface area contributed by atoms with E-state index in [1.165, 1.54) is 0 Å². The van der Waals surface area contributed by atoms with Crippen LogP contribution >= 0.6 is 11.3 Å². The molecule has 15 heavy (non-hydrogen) atoms. The van der Waals surface area contributed by atoms with Gasteiger partial charge < -0.3 is 11.1 Å². The summed E-state index contributed by atoms with van der Waals surface area (Å²) in [6, 6.07) is -0.621. The Labute approximate surface area is 92.9 Å². The molecule has 5 heteroatoms. The lowest BCUT2D eigenvalue weighted by molar-refractivity contribution is -0.122. The second kappa shape index (κ2) is 5.49. The van der Waals surface area contributed by atoms with Gasteiger partial charge in [-0.05, 0) is 6.92 Å². The molecule has 1 aromatic rings. The van der Waals surface area contributed by atoms with E-state index in [9.17, 15) is 4.79 Å². The van der Waals surface area contributed by atoms with Crippen LogP contribution in [0, 0.1) is 19.3 Å². The maximum absolute atomic E-state index is 11.4. The molecule has 0 aliphatic rings.